The van der Waals surface area contributed by atoms with Crippen LogP contribution in [0.4, 0.5) is 19.0 Å². The SMILES string of the molecule is FC(F)(F)c1ccccc1CN1CCCN(c2nccn3cnnc23)CC1. The summed E-state index contributed by atoms with van der Waals surface area (Å²) in [7, 11) is 0. The Kier molecular flexibility index (Phi) is 4.69. The lowest BCUT2D eigenvalue weighted by Gasteiger charge is -2.23. The van der Waals surface area contributed by atoms with Crippen molar-refractivity contribution in [3.63, 3.8) is 0 Å². The van der Waals surface area contributed by atoms with Gasteiger partial charge in [-0.3, -0.25) is 9.30 Å². The van der Waals surface area contributed by atoms with Crippen LogP contribution in [0.25, 0.3) is 5.65 Å². The highest BCUT2D eigenvalue weighted by atomic mass is 19.4. The molecule has 0 N–H and O–H groups in total. The molecule has 1 aliphatic heterocycles. The number of benzene rings is 1. The van der Waals surface area contributed by atoms with E-state index in [2.05, 4.69) is 25.0 Å². The van der Waals surface area contributed by atoms with Gasteiger partial charge >= 0.3 is 6.18 Å². The van der Waals surface area contributed by atoms with E-state index in [-0.39, 0.29) is 6.54 Å². The molecule has 3 aromatic rings. The molecule has 0 bridgehead atoms. The van der Waals surface area contributed by atoms with E-state index in [1.54, 1.807) is 30.9 Å². The van der Waals surface area contributed by atoms with Gasteiger partial charge in [-0.2, -0.15) is 13.2 Å². The van der Waals surface area contributed by atoms with Crippen LogP contribution in [0, 0.1) is 0 Å². The fourth-order valence-corrected chi connectivity index (χ4v) is 3.48. The van der Waals surface area contributed by atoms with Gasteiger partial charge in [0.25, 0.3) is 0 Å². The van der Waals surface area contributed by atoms with Crippen LogP contribution in [0.15, 0.2) is 43.0 Å². The summed E-state index contributed by atoms with van der Waals surface area (Å²) in [6, 6.07) is 5.80. The number of alkyl halides is 3. The Morgan fingerprint density at radius 1 is 1.04 bits per heavy atom. The Labute approximate surface area is 154 Å². The van der Waals surface area contributed by atoms with Crippen molar-refractivity contribution in [1.82, 2.24) is 24.5 Å². The Bertz CT molecular complexity index is 923. The monoisotopic (exact) mass is 376 g/mol. The average Bonchev–Trinajstić information content (AvgIpc) is 3.01. The van der Waals surface area contributed by atoms with Crippen LogP contribution in [-0.2, 0) is 12.7 Å². The summed E-state index contributed by atoms with van der Waals surface area (Å²) in [5, 5.41) is 8.03. The van der Waals surface area contributed by atoms with Crippen LogP contribution in [0.1, 0.15) is 17.5 Å². The molecule has 1 aromatic carbocycles. The first-order valence-electron chi connectivity index (χ1n) is 8.79. The molecule has 27 heavy (non-hydrogen) atoms. The summed E-state index contributed by atoms with van der Waals surface area (Å²) in [6.07, 6.45) is 1.62. The average molecular weight is 376 g/mol. The van der Waals surface area contributed by atoms with Gasteiger partial charge in [0.05, 0.1) is 5.56 Å². The molecule has 0 unspecified atom stereocenters. The molecule has 0 radical (unpaired) electrons. The Hall–Kier alpha value is -2.68. The van der Waals surface area contributed by atoms with Gasteiger partial charge in [0.15, 0.2) is 5.82 Å². The molecule has 1 fully saturated rings. The second kappa shape index (κ2) is 7.15. The van der Waals surface area contributed by atoms with Gasteiger partial charge in [-0.25, -0.2) is 4.98 Å². The van der Waals surface area contributed by atoms with Crippen LogP contribution in [-0.4, -0.2) is 50.7 Å². The molecule has 142 valence electrons. The maximum Gasteiger partial charge on any atom is 0.416 e. The number of nitrogens with zero attached hydrogens (tertiary/aromatic N) is 6. The summed E-state index contributed by atoms with van der Waals surface area (Å²) in [5.74, 6) is 0.757. The van der Waals surface area contributed by atoms with Gasteiger partial charge in [-0.05, 0) is 18.1 Å². The van der Waals surface area contributed by atoms with E-state index in [4.69, 9.17) is 0 Å². The fraction of sp³-hybridized carbons (Fsp3) is 0.389. The second-order valence-electron chi connectivity index (χ2n) is 6.58. The minimum absolute atomic E-state index is 0.284. The summed E-state index contributed by atoms with van der Waals surface area (Å²) in [6.45, 7) is 3.12. The zero-order valence-electron chi connectivity index (χ0n) is 14.6. The van der Waals surface area contributed by atoms with E-state index < -0.39 is 11.7 Å². The third kappa shape index (κ3) is 3.73. The third-order valence-corrected chi connectivity index (χ3v) is 4.80. The van der Waals surface area contributed by atoms with Crippen molar-refractivity contribution >= 4 is 11.5 Å². The molecule has 9 heteroatoms. The van der Waals surface area contributed by atoms with Crippen LogP contribution < -0.4 is 4.90 Å². The van der Waals surface area contributed by atoms with Crippen molar-refractivity contribution in [3.05, 3.63) is 54.1 Å². The highest BCUT2D eigenvalue weighted by Crippen LogP contribution is 2.32. The maximum atomic E-state index is 13.2. The van der Waals surface area contributed by atoms with Gasteiger partial charge in [0, 0.05) is 45.1 Å². The lowest BCUT2D eigenvalue weighted by atomic mass is 10.1. The predicted molar refractivity (Wildman–Crippen MR) is 94.3 cm³/mol. The zero-order valence-corrected chi connectivity index (χ0v) is 14.6. The minimum atomic E-state index is -4.33. The normalized spacial score (nSPS) is 16.6. The lowest BCUT2D eigenvalue weighted by molar-refractivity contribution is -0.138. The number of hydrogen-bond acceptors (Lipinski definition) is 5. The van der Waals surface area contributed by atoms with E-state index >= 15 is 0 Å². The Balaban J connectivity index is 1.49. The van der Waals surface area contributed by atoms with Crippen LogP contribution in [0.2, 0.25) is 0 Å². The smallest absolute Gasteiger partial charge is 0.352 e. The number of anilines is 1. The van der Waals surface area contributed by atoms with Gasteiger partial charge < -0.3 is 4.90 Å². The highest BCUT2D eigenvalue weighted by Gasteiger charge is 2.33. The van der Waals surface area contributed by atoms with Crippen molar-refractivity contribution in [2.45, 2.75) is 19.1 Å². The molecule has 0 saturated carbocycles. The molecule has 6 nitrogen and oxygen atoms in total. The van der Waals surface area contributed by atoms with Crippen molar-refractivity contribution < 1.29 is 13.2 Å². The molecular formula is C18H19F3N6. The quantitative estimate of drug-likeness (QED) is 0.704. The molecule has 0 atom stereocenters. The van der Waals surface area contributed by atoms with E-state index in [0.717, 1.165) is 31.4 Å². The van der Waals surface area contributed by atoms with Crippen molar-refractivity contribution in [3.8, 4) is 0 Å². The lowest BCUT2D eigenvalue weighted by Crippen LogP contribution is -2.31. The Morgan fingerprint density at radius 2 is 1.89 bits per heavy atom. The standard InChI is InChI=1S/C18H19F3N6/c19-18(20,21)15-5-2-1-4-14(15)12-25-7-3-8-26(11-10-25)16-17-24-23-13-27(17)9-6-22-16/h1-2,4-6,9,13H,3,7-8,10-12H2. The number of aromatic nitrogens is 4. The topological polar surface area (TPSA) is 49.6 Å². The zero-order chi connectivity index (χ0) is 18.9. The van der Waals surface area contributed by atoms with Gasteiger partial charge in [-0.1, -0.05) is 18.2 Å². The van der Waals surface area contributed by atoms with Crippen LogP contribution in [0.5, 0.6) is 0 Å². The minimum Gasteiger partial charge on any atom is -0.352 e. The van der Waals surface area contributed by atoms with Crippen LogP contribution in [0.3, 0.4) is 0 Å². The Morgan fingerprint density at radius 3 is 2.74 bits per heavy atom. The van der Waals surface area contributed by atoms with Gasteiger partial charge in [-0.15, -0.1) is 10.2 Å². The van der Waals surface area contributed by atoms with Crippen molar-refractivity contribution in [2.75, 3.05) is 31.1 Å². The predicted octanol–water partition coefficient (Wildman–Crippen LogP) is 2.86. The number of fused-ring (bicyclic) bond motifs is 1. The third-order valence-electron chi connectivity index (χ3n) is 4.80. The van der Waals surface area contributed by atoms with E-state index in [9.17, 15) is 13.2 Å². The molecule has 0 amide bonds. The first-order valence-corrected chi connectivity index (χ1v) is 8.79. The first-order chi connectivity index (χ1) is 13.0. The van der Waals surface area contributed by atoms with Crippen LogP contribution >= 0.6 is 0 Å². The molecule has 1 saturated heterocycles. The molecule has 0 spiro atoms. The molecule has 3 heterocycles. The molecule has 4 rings (SSSR count). The maximum absolute atomic E-state index is 13.2. The number of halogens is 3. The highest BCUT2D eigenvalue weighted by molar-refractivity contribution is 5.63. The molecule has 1 aliphatic rings. The fourth-order valence-electron chi connectivity index (χ4n) is 3.48. The summed E-state index contributed by atoms with van der Waals surface area (Å²) >= 11 is 0. The van der Waals surface area contributed by atoms with E-state index in [1.165, 1.54) is 6.07 Å². The number of rotatable bonds is 3. The van der Waals surface area contributed by atoms with E-state index in [1.807, 2.05) is 4.40 Å². The largest absolute Gasteiger partial charge is 0.416 e. The molecule has 0 aliphatic carbocycles. The molecule has 2 aromatic heterocycles. The second-order valence-corrected chi connectivity index (χ2v) is 6.58. The van der Waals surface area contributed by atoms with Crippen molar-refractivity contribution in [1.29, 1.82) is 0 Å². The van der Waals surface area contributed by atoms with Crippen molar-refractivity contribution in [2.24, 2.45) is 0 Å². The van der Waals surface area contributed by atoms with E-state index in [0.29, 0.717) is 24.3 Å². The first kappa shape index (κ1) is 17.7. The summed E-state index contributed by atoms with van der Waals surface area (Å²) < 4.78 is 41.5. The van der Waals surface area contributed by atoms with Gasteiger partial charge in [0.1, 0.15) is 6.33 Å². The number of hydrogen-bond donors (Lipinski definition) is 0. The summed E-state index contributed by atoms with van der Waals surface area (Å²) in [4.78, 5) is 8.62. The van der Waals surface area contributed by atoms with Gasteiger partial charge in [0.2, 0.25) is 5.65 Å². The summed E-state index contributed by atoms with van der Waals surface area (Å²) in [5.41, 5.74) is 0.450. The molecular weight excluding hydrogens is 357 g/mol.